The smallest absolute Gasteiger partial charge is 0.326 e. The SMILES string of the molecule is Cc1c(C(=O)NC(Cc2ccccc2Br)C(=O)O)[nH]c2c1CCCC2. The molecule has 3 rings (SSSR count). The lowest BCUT2D eigenvalue weighted by atomic mass is 9.95. The molecule has 3 N–H and O–H groups in total. The molecule has 1 unspecified atom stereocenters. The van der Waals surface area contributed by atoms with Crippen LogP contribution in [0.2, 0.25) is 0 Å². The van der Waals surface area contributed by atoms with Crippen LogP contribution in [0, 0.1) is 6.92 Å². The van der Waals surface area contributed by atoms with E-state index in [-0.39, 0.29) is 12.3 Å². The molecule has 1 aromatic carbocycles. The summed E-state index contributed by atoms with van der Waals surface area (Å²) in [6, 6.07) is 6.45. The molecule has 1 aliphatic carbocycles. The molecule has 0 fully saturated rings. The number of amides is 1. The highest BCUT2D eigenvalue weighted by molar-refractivity contribution is 9.10. The van der Waals surface area contributed by atoms with Crippen molar-refractivity contribution in [2.75, 3.05) is 0 Å². The number of aromatic nitrogens is 1. The summed E-state index contributed by atoms with van der Waals surface area (Å²) in [6.07, 6.45) is 4.40. The molecule has 1 amide bonds. The van der Waals surface area contributed by atoms with Crippen molar-refractivity contribution < 1.29 is 14.7 Å². The Labute approximate surface area is 155 Å². The Hall–Kier alpha value is -2.08. The molecule has 2 aromatic rings. The molecule has 0 saturated heterocycles. The molecular formula is C19H21BrN2O3. The van der Waals surface area contributed by atoms with Gasteiger partial charge in [0.25, 0.3) is 5.91 Å². The van der Waals surface area contributed by atoms with Crippen LogP contribution in [-0.4, -0.2) is 28.0 Å². The molecule has 1 aliphatic rings. The van der Waals surface area contributed by atoms with Crippen molar-refractivity contribution in [3.63, 3.8) is 0 Å². The first kappa shape index (κ1) is 17.7. The fraction of sp³-hybridized carbons (Fsp3) is 0.368. The minimum Gasteiger partial charge on any atom is -0.480 e. The van der Waals surface area contributed by atoms with Crippen LogP contribution >= 0.6 is 15.9 Å². The highest BCUT2D eigenvalue weighted by Crippen LogP contribution is 2.26. The molecule has 1 heterocycles. The Morgan fingerprint density at radius 3 is 2.68 bits per heavy atom. The van der Waals surface area contributed by atoms with Crippen LogP contribution in [0.5, 0.6) is 0 Å². The number of hydrogen-bond donors (Lipinski definition) is 3. The Bertz CT molecular complexity index is 813. The maximum Gasteiger partial charge on any atom is 0.326 e. The highest BCUT2D eigenvalue weighted by Gasteiger charge is 2.26. The van der Waals surface area contributed by atoms with Crippen molar-refractivity contribution in [1.82, 2.24) is 10.3 Å². The summed E-state index contributed by atoms with van der Waals surface area (Å²) < 4.78 is 0.835. The van der Waals surface area contributed by atoms with Gasteiger partial charge in [0.15, 0.2) is 0 Å². The van der Waals surface area contributed by atoms with Crippen LogP contribution in [0.4, 0.5) is 0 Å². The molecule has 6 heteroatoms. The maximum atomic E-state index is 12.7. The summed E-state index contributed by atoms with van der Waals surface area (Å²) in [5, 5.41) is 12.2. The summed E-state index contributed by atoms with van der Waals surface area (Å²) in [6.45, 7) is 1.93. The summed E-state index contributed by atoms with van der Waals surface area (Å²) in [7, 11) is 0. The van der Waals surface area contributed by atoms with Crippen molar-refractivity contribution in [1.29, 1.82) is 0 Å². The fourth-order valence-corrected chi connectivity index (χ4v) is 3.84. The van der Waals surface area contributed by atoms with E-state index in [0.29, 0.717) is 5.69 Å². The number of aliphatic carboxylic acids is 1. The first-order chi connectivity index (χ1) is 12.0. The second-order valence-corrected chi connectivity index (χ2v) is 7.30. The lowest BCUT2D eigenvalue weighted by molar-refractivity contribution is -0.139. The van der Waals surface area contributed by atoms with E-state index in [0.717, 1.165) is 47.0 Å². The zero-order valence-corrected chi connectivity index (χ0v) is 15.6. The number of carboxylic acid groups (broad SMARTS) is 1. The predicted octanol–water partition coefficient (Wildman–Crippen LogP) is 3.39. The van der Waals surface area contributed by atoms with Gasteiger partial charge in [-0.3, -0.25) is 4.79 Å². The number of aromatic amines is 1. The van der Waals surface area contributed by atoms with Crippen LogP contribution < -0.4 is 5.32 Å². The monoisotopic (exact) mass is 404 g/mol. The summed E-state index contributed by atoms with van der Waals surface area (Å²) in [5.74, 6) is -1.40. The normalized spacial score (nSPS) is 14.6. The van der Waals surface area contributed by atoms with E-state index in [2.05, 4.69) is 26.2 Å². The molecule has 0 radical (unpaired) electrons. The van der Waals surface area contributed by atoms with Gasteiger partial charge in [-0.1, -0.05) is 34.1 Å². The molecule has 1 atom stereocenters. The lowest BCUT2D eigenvalue weighted by Gasteiger charge is -2.15. The third-order valence-electron chi connectivity index (χ3n) is 4.78. The van der Waals surface area contributed by atoms with Gasteiger partial charge in [0, 0.05) is 16.6 Å². The maximum absolute atomic E-state index is 12.7. The number of halogens is 1. The Balaban J connectivity index is 1.79. The van der Waals surface area contributed by atoms with Crippen LogP contribution in [0.3, 0.4) is 0 Å². The van der Waals surface area contributed by atoms with Crippen LogP contribution in [-0.2, 0) is 24.1 Å². The number of carbonyl (C=O) groups excluding carboxylic acids is 1. The van der Waals surface area contributed by atoms with E-state index in [1.54, 1.807) is 0 Å². The number of H-pyrrole nitrogens is 1. The summed E-state index contributed by atoms with van der Waals surface area (Å²) in [5.41, 5.74) is 4.61. The van der Waals surface area contributed by atoms with Gasteiger partial charge in [-0.15, -0.1) is 0 Å². The zero-order chi connectivity index (χ0) is 18.0. The van der Waals surface area contributed by atoms with Gasteiger partial charge in [0.05, 0.1) is 0 Å². The molecular weight excluding hydrogens is 384 g/mol. The Morgan fingerprint density at radius 1 is 1.28 bits per heavy atom. The van der Waals surface area contributed by atoms with Crippen molar-refractivity contribution in [2.45, 2.75) is 45.1 Å². The predicted molar refractivity (Wildman–Crippen MR) is 98.9 cm³/mol. The van der Waals surface area contributed by atoms with E-state index in [1.807, 2.05) is 31.2 Å². The number of aryl methyl sites for hydroxylation is 1. The molecule has 0 saturated carbocycles. The zero-order valence-electron chi connectivity index (χ0n) is 14.1. The lowest BCUT2D eigenvalue weighted by Crippen LogP contribution is -2.42. The molecule has 5 nitrogen and oxygen atoms in total. The number of fused-ring (bicyclic) bond motifs is 1. The van der Waals surface area contributed by atoms with Crippen molar-refractivity contribution in [3.05, 3.63) is 56.8 Å². The van der Waals surface area contributed by atoms with Crippen molar-refractivity contribution in [2.24, 2.45) is 0 Å². The molecule has 0 spiro atoms. The fourth-order valence-electron chi connectivity index (χ4n) is 3.39. The van der Waals surface area contributed by atoms with Crippen LogP contribution in [0.15, 0.2) is 28.7 Å². The highest BCUT2D eigenvalue weighted by atomic mass is 79.9. The van der Waals surface area contributed by atoms with Gasteiger partial charge in [-0.2, -0.15) is 0 Å². The van der Waals surface area contributed by atoms with Gasteiger partial charge in [-0.25, -0.2) is 4.79 Å². The number of rotatable bonds is 5. The van der Waals surface area contributed by atoms with Crippen LogP contribution in [0.25, 0.3) is 0 Å². The third kappa shape index (κ3) is 3.79. The number of benzene rings is 1. The average Bonchev–Trinajstić information content (AvgIpc) is 2.93. The quantitative estimate of drug-likeness (QED) is 0.713. The van der Waals surface area contributed by atoms with E-state index in [4.69, 9.17) is 0 Å². The largest absolute Gasteiger partial charge is 0.480 e. The van der Waals surface area contributed by atoms with Crippen molar-refractivity contribution >= 4 is 27.8 Å². The molecule has 25 heavy (non-hydrogen) atoms. The third-order valence-corrected chi connectivity index (χ3v) is 5.56. The van der Waals surface area contributed by atoms with Crippen molar-refractivity contribution in [3.8, 4) is 0 Å². The van der Waals surface area contributed by atoms with Crippen LogP contribution in [0.1, 0.15) is 45.7 Å². The second-order valence-electron chi connectivity index (χ2n) is 6.45. The average molecular weight is 405 g/mol. The first-order valence-corrected chi connectivity index (χ1v) is 9.24. The Kier molecular flexibility index (Phi) is 5.27. The molecule has 0 bridgehead atoms. The Morgan fingerprint density at radius 2 is 2.00 bits per heavy atom. The van der Waals surface area contributed by atoms with Gasteiger partial charge in [0.2, 0.25) is 0 Å². The van der Waals surface area contributed by atoms with E-state index in [9.17, 15) is 14.7 Å². The van der Waals surface area contributed by atoms with E-state index >= 15 is 0 Å². The summed E-state index contributed by atoms with van der Waals surface area (Å²) in [4.78, 5) is 27.5. The molecule has 1 aromatic heterocycles. The van der Waals surface area contributed by atoms with Gasteiger partial charge >= 0.3 is 5.97 Å². The number of hydrogen-bond acceptors (Lipinski definition) is 2. The van der Waals surface area contributed by atoms with E-state index < -0.39 is 12.0 Å². The first-order valence-electron chi connectivity index (χ1n) is 8.44. The topological polar surface area (TPSA) is 82.2 Å². The van der Waals surface area contributed by atoms with Gasteiger partial charge in [0.1, 0.15) is 11.7 Å². The minimum atomic E-state index is -1.04. The minimum absolute atomic E-state index is 0.224. The summed E-state index contributed by atoms with van der Waals surface area (Å²) >= 11 is 3.42. The number of carboxylic acids is 1. The van der Waals surface area contributed by atoms with Gasteiger partial charge in [-0.05, 0) is 55.4 Å². The standard InChI is InChI=1S/C19H21BrN2O3/c1-11-13-7-3-5-9-15(13)21-17(11)18(23)22-16(19(24)25)10-12-6-2-4-8-14(12)20/h2,4,6,8,16,21H,3,5,7,9-10H2,1H3,(H,22,23)(H,24,25). The molecule has 132 valence electrons. The number of nitrogens with one attached hydrogen (secondary N) is 2. The second kappa shape index (κ2) is 7.44. The van der Waals surface area contributed by atoms with E-state index in [1.165, 1.54) is 5.56 Å². The number of carbonyl (C=O) groups is 2. The molecule has 0 aliphatic heterocycles. The van der Waals surface area contributed by atoms with Gasteiger partial charge < -0.3 is 15.4 Å².